The molecule has 27 nitrogen and oxygen atoms in total. The summed E-state index contributed by atoms with van der Waals surface area (Å²) in [6.07, 6.45) is 7.91. The quantitative estimate of drug-likeness (QED) is 0.0363. The number of morpholine rings is 4. The standard InChI is InChI=1S/C18H27N5O2.C17H27N3O4.C11H15IN2O2.C7H11NO.C6H13NO2.C6H11NO2.C5H3FIN.C4H9.Li.Na.H/c1-18(2,3)15-12-16(19)23(21-15)14-4-5-17(20-13-14)25-11-8-22-6-9-24-10-7-22;1-17(2,3)24-16(21)19(4)14-5-6-15(18-13-14)23-12-9-20-7-10-22-11-8-20;12-10-1-2-11(13-9-10)16-8-5-14-3-6-15-7-4-14;1-7(2,3)6(9)4-5-8;8-4-1-7-2-5-9-6-3-7;1-6(2,3)9-5(8)7-4;6-5-2-1-4(7)3-8-5;1-3-4-2;;;/h4-5,12-13H,6-11,19H2,1-3H3;5-6,13H,7-12H2,1-4H3;1-2,9H,3-8H2;4H2,1-3H3;8H,1-6H2;4H2,1-3H3;1-3H;1,3-4H2,2H3;;;/q;;;;;;;-1;2*+1;-1. The first-order chi connectivity index (χ1) is 49.2. The van der Waals surface area contributed by atoms with Gasteiger partial charge in [-0.05, 0) is 124 Å². The largest absolute Gasteiger partial charge is 1.00 e. The molecule has 4 aliphatic rings. The number of hydrogen-bond donors (Lipinski definition) is 2. The van der Waals surface area contributed by atoms with E-state index in [1.807, 2.05) is 84.1 Å². The number of hydrogen-bond acceptors (Lipinski definition) is 24. The number of aliphatic hydroxyl groups excluding tert-OH is 1. The first-order valence-corrected chi connectivity index (χ1v) is 37.1. The predicted octanol–water partition coefficient (Wildman–Crippen LogP) is 5.43. The first-order valence-electron chi connectivity index (χ1n) is 34.9. The average Bonchev–Trinajstić information content (AvgIpc) is 1.68. The molecule has 106 heavy (non-hydrogen) atoms. The molecule has 0 bridgehead atoms. The van der Waals surface area contributed by atoms with Crippen molar-refractivity contribution in [2.75, 3.05) is 176 Å². The van der Waals surface area contributed by atoms with E-state index >= 15 is 0 Å². The van der Waals surface area contributed by atoms with Gasteiger partial charge in [-0.15, -0.1) is 0 Å². The van der Waals surface area contributed by atoms with E-state index in [4.69, 9.17) is 58.7 Å². The van der Waals surface area contributed by atoms with E-state index in [9.17, 15) is 18.8 Å². The Morgan fingerprint density at radius 1 is 0.660 bits per heavy atom. The minimum Gasteiger partial charge on any atom is -1.00 e. The SMILES string of the molecule is C=NC(=O)OC(C)(C)C.CC(C)(C)C(=O)CC#N.CC(C)(C)c1cc(N)n(-c2ccc(OCCN3CCOCC3)nc2)n1.CN(C(=O)OC(C)(C)C)c1ccc(OCCN2CCOCC2)nc1.Fc1ccc(I)cn1.Ic1ccc(OCCN2CCOCC2)nc1.OCCN1CCOCC1.[CH2-]CCC.[H-].[Li+].[Na+]. The summed E-state index contributed by atoms with van der Waals surface area (Å²) < 4.78 is 63.8. The number of amides is 2. The Kier molecular flexibility index (Phi) is 53.9. The molecule has 2 amide bonds. The fraction of sp³-hybridized carbons (Fsp3) is 0.608. The van der Waals surface area contributed by atoms with Gasteiger partial charge in [-0.2, -0.15) is 26.2 Å². The number of unbranched alkanes of at least 4 members (excludes halogenated alkanes) is 1. The van der Waals surface area contributed by atoms with Crippen LogP contribution in [-0.4, -0.2) is 255 Å². The Morgan fingerprint density at radius 2 is 1.06 bits per heavy atom. The fourth-order valence-electron chi connectivity index (χ4n) is 8.36. The van der Waals surface area contributed by atoms with Gasteiger partial charge in [0, 0.05) is 140 Å². The van der Waals surface area contributed by atoms with Crippen molar-refractivity contribution >= 4 is 81.4 Å². The van der Waals surface area contributed by atoms with Crippen molar-refractivity contribution < 1.29 is 116 Å². The molecule has 9 rings (SSSR count). The second-order valence-electron chi connectivity index (χ2n) is 27.6. The number of nitrogens with zero attached hydrogens (tertiary/aromatic N) is 13. The van der Waals surface area contributed by atoms with E-state index in [-0.39, 0.29) is 79.5 Å². The van der Waals surface area contributed by atoms with Crippen molar-refractivity contribution in [2.24, 2.45) is 10.4 Å². The zero-order valence-electron chi connectivity index (χ0n) is 66.9. The molecule has 32 heteroatoms. The van der Waals surface area contributed by atoms with Gasteiger partial charge in [0.05, 0.1) is 101 Å². The van der Waals surface area contributed by atoms with Crippen LogP contribution in [0.1, 0.15) is 116 Å². The fourth-order valence-corrected chi connectivity index (χ4v) is 9.00. The van der Waals surface area contributed by atoms with Crippen molar-refractivity contribution in [2.45, 2.75) is 126 Å². The number of β-amino-alcohol motifs (C(OH)–C–C–N with tert-alkyl or cyclic N) is 1. The van der Waals surface area contributed by atoms with Gasteiger partial charge in [0.15, 0.2) is 5.78 Å². The third kappa shape index (κ3) is 48.7. The third-order valence-electron chi connectivity index (χ3n) is 14.4. The molecule has 0 saturated carbocycles. The number of Topliss-reactive ketones (excluding diaryl/α,β-unsaturated/α-hetero) is 1. The molecule has 0 atom stereocenters. The molecule has 5 aromatic heterocycles. The van der Waals surface area contributed by atoms with Crippen LogP contribution in [-0.2, 0) is 38.6 Å². The van der Waals surface area contributed by atoms with Crippen LogP contribution in [0.3, 0.4) is 0 Å². The smallest absolute Gasteiger partial charge is 1.00 e. The van der Waals surface area contributed by atoms with Crippen LogP contribution in [0.5, 0.6) is 17.6 Å². The van der Waals surface area contributed by atoms with Crippen LogP contribution in [0, 0.1) is 36.8 Å². The number of aliphatic imine (C=N–C) groups is 1. The maximum atomic E-state index is 12.0. The van der Waals surface area contributed by atoms with E-state index in [2.05, 4.69) is 136 Å². The van der Waals surface area contributed by atoms with Gasteiger partial charge in [-0.3, -0.25) is 29.3 Å². The summed E-state index contributed by atoms with van der Waals surface area (Å²) in [4.78, 5) is 63.1. The Balaban J connectivity index is 0. The Labute approximate surface area is 692 Å². The van der Waals surface area contributed by atoms with E-state index in [0.717, 1.165) is 156 Å². The molecule has 4 aliphatic heterocycles. The van der Waals surface area contributed by atoms with Gasteiger partial charge < -0.3 is 61.8 Å². The van der Waals surface area contributed by atoms with Crippen LogP contribution in [0.15, 0.2) is 84.4 Å². The van der Waals surface area contributed by atoms with Gasteiger partial charge in [0.25, 0.3) is 0 Å². The van der Waals surface area contributed by atoms with Gasteiger partial charge in [-0.1, -0.05) is 54.9 Å². The number of ketones is 1. The summed E-state index contributed by atoms with van der Waals surface area (Å²) in [5, 5.41) is 21.3. The number of nitrogens with two attached hydrogens (primary N) is 1. The molecule has 584 valence electrons. The molecular formula is C74H117FI2LiN14NaO13. The van der Waals surface area contributed by atoms with Crippen LogP contribution in [0.25, 0.3) is 5.69 Å². The molecular weight excluding hydrogens is 1600 g/mol. The number of rotatable bonds is 18. The predicted molar refractivity (Wildman–Crippen MR) is 422 cm³/mol. The number of carbonyl (C=O) groups is 3. The first kappa shape index (κ1) is 101. The van der Waals surface area contributed by atoms with Crippen LogP contribution >= 0.6 is 45.2 Å². The van der Waals surface area contributed by atoms with Gasteiger partial charge in [0.1, 0.15) is 36.8 Å². The van der Waals surface area contributed by atoms with Gasteiger partial charge in [-0.25, -0.2) is 34.2 Å². The maximum absolute atomic E-state index is 12.0. The summed E-state index contributed by atoms with van der Waals surface area (Å²) in [5.41, 5.74) is 7.15. The number of nitriles is 1. The zero-order chi connectivity index (χ0) is 77.6. The molecule has 9 heterocycles. The second kappa shape index (κ2) is 56.4. The molecule has 0 aliphatic carbocycles. The molecule has 0 spiro atoms. The summed E-state index contributed by atoms with van der Waals surface area (Å²) in [5.74, 6) is 2.04. The number of halogens is 3. The van der Waals surface area contributed by atoms with E-state index in [0.29, 0.717) is 49.0 Å². The number of aromatic nitrogens is 6. The van der Waals surface area contributed by atoms with Crippen LogP contribution in [0.4, 0.5) is 25.5 Å². The number of aliphatic hydroxyl groups is 1. The number of anilines is 2. The summed E-state index contributed by atoms with van der Waals surface area (Å²) in [6, 6.07) is 18.0. The minimum absolute atomic E-state index is 0. The topological polar surface area (TPSA) is 302 Å². The molecule has 4 fully saturated rings. The van der Waals surface area contributed by atoms with E-state index in [1.54, 1.807) is 63.1 Å². The molecule has 0 radical (unpaired) electrons. The Hall–Kier alpha value is -4.79. The van der Waals surface area contributed by atoms with Crippen molar-refractivity contribution in [3.63, 3.8) is 0 Å². The van der Waals surface area contributed by atoms with Gasteiger partial charge >= 0.3 is 60.6 Å². The maximum Gasteiger partial charge on any atom is 1.00 e. The second-order valence-corrected chi connectivity index (χ2v) is 30.1. The third-order valence-corrected chi connectivity index (χ3v) is 15.7. The monoisotopic (exact) mass is 1710 g/mol. The number of carbonyl (C=O) groups excluding carboxylic acids is 3. The molecule has 0 unspecified atom stereocenters. The van der Waals surface area contributed by atoms with Gasteiger partial charge in [0.2, 0.25) is 23.6 Å². The zero-order valence-corrected chi connectivity index (χ0v) is 72.2. The van der Waals surface area contributed by atoms with Crippen molar-refractivity contribution in [1.82, 2.24) is 49.3 Å². The van der Waals surface area contributed by atoms with E-state index in [1.165, 1.54) is 23.6 Å². The summed E-state index contributed by atoms with van der Waals surface area (Å²) in [6.45, 7) is 51.2. The average molecular weight is 1710 g/mol. The molecule has 4 saturated heterocycles. The van der Waals surface area contributed by atoms with Crippen LogP contribution in [0.2, 0.25) is 0 Å². The molecule has 3 N–H and O–H groups in total. The van der Waals surface area contributed by atoms with Crippen molar-refractivity contribution in [3.05, 3.63) is 105 Å². The number of ether oxygens (including phenoxy) is 9. The number of nitrogen functional groups attached to an aromatic ring is 1. The Bertz CT molecular complexity index is 3160. The van der Waals surface area contributed by atoms with Crippen molar-refractivity contribution in [3.8, 4) is 29.4 Å². The Morgan fingerprint density at radius 3 is 1.34 bits per heavy atom. The van der Waals surface area contributed by atoms with Crippen molar-refractivity contribution in [1.29, 1.82) is 5.26 Å². The summed E-state index contributed by atoms with van der Waals surface area (Å²) in [7, 11) is 1.66. The normalized spacial score (nSPS) is 14.7. The number of pyridine rings is 4. The van der Waals surface area contributed by atoms with E-state index < -0.39 is 29.3 Å². The summed E-state index contributed by atoms with van der Waals surface area (Å²) >= 11 is 4.30. The van der Waals surface area contributed by atoms with Crippen LogP contribution < -0.4 is 73.3 Å². The minimum atomic E-state index is -0.623. The molecule has 5 aromatic rings. The molecule has 0 aromatic carbocycles.